The molecule has 24 heteroatoms. The van der Waals surface area contributed by atoms with Crippen LogP contribution in [0.5, 0.6) is 5.75 Å². The summed E-state index contributed by atoms with van der Waals surface area (Å²) in [6, 6.07) is 5.03. The number of aromatic hydroxyl groups is 1. The molecule has 8 N–H and O–H groups in total. The number of nitrogens with zero attached hydrogens (tertiary/aromatic N) is 13. The lowest BCUT2D eigenvalue weighted by molar-refractivity contribution is -0.136. The predicted octanol–water partition coefficient (Wildman–Crippen LogP) is -0.898. The van der Waals surface area contributed by atoms with E-state index < -0.39 is 12.1 Å². The van der Waals surface area contributed by atoms with Gasteiger partial charge in [-0.3, -0.25) is 9.59 Å². The van der Waals surface area contributed by atoms with Crippen molar-refractivity contribution in [2.45, 2.75) is 90.4 Å². The van der Waals surface area contributed by atoms with Gasteiger partial charge < -0.3 is 73.8 Å². The number of carbonyl (C=O) groups is 2. The lowest BCUT2D eigenvalue weighted by Crippen LogP contribution is -3.00. The summed E-state index contributed by atoms with van der Waals surface area (Å²) in [7, 11) is 0. The number of nitrogens with one attached hydrogen (secondary N) is 1. The molecule has 23 nitrogen and oxygen atoms in total. The number of hydrogen-bond acceptors (Lipinski definition) is 19. The standard InChI is InChI=1S/C49H77N17O6.ClH/c1-6-24-70-26-28-72-29-27-71-25-15-53-47-54-48(63-20-16-61(17-21-63)45(68)43(9-7-8-14-50)65-33-41(57-59-65)39(51)30-35(2)3)56-49(55-47)64-22-18-62(19-23-64)46(69)44(32-37-10-12-38(67)13-11-37)66-34-42(58-60-66)40(52)31-36(4)5;/h1,10-13,33-36,39-40,43-44,67H,7-9,14-32,50-52H2,2-5H3,(H,53,54,55,56);1H/p-1. The van der Waals surface area contributed by atoms with Gasteiger partial charge in [0.05, 0.1) is 68.9 Å². The highest BCUT2D eigenvalue weighted by Gasteiger charge is 2.34. The van der Waals surface area contributed by atoms with Crippen LogP contribution >= 0.6 is 0 Å². The molecule has 4 unspecified atom stereocenters. The molecule has 1 aromatic carbocycles. The molecule has 0 aliphatic carbocycles. The van der Waals surface area contributed by atoms with E-state index >= 15 is 0 Å². The summed E-state index contributed by atoms with van der Waals surface area (Å²) in [6.45, 7) is 15.2. The summed E-state index contributed by atoms with van der Waals surface area (Å²) >= 11 is 0. The van der Waals surface area contributed by atoms with Crippen LogP contribution in [0, 0.1) is 24.2 Å². The van der Waals surface area contributed by atoms with E-state index in [2.05, 4.69) is 69.4 Å². The van der Waals surface area contributed by atoms with E-state index in [1.165, 1.54) is 0 Å². The maximum atomic E-state index is 14.5. The number of terminal acetylenes is 1. The van der Waals surface area contributed by atoms with E-state index in [1.54, 1.807) is 39.8 Å². The van der Waals surface area contributed by atoms with Crippen LogP contribution in [0.15, 0.2) is 36.7 Å². The topological polar surface area (TPSA) is 285 Å². The number of benzene rings is 1. The molecule has 402 valence electrons. The van der Waals surface area contributed by atoms with E-state index in [0.29, 0.717) is 152 Å². The molecule has 4 atom stereocenters. The second-order valence-electron chi connectivity index (χ2n) is 19.2. The maximum Gasteiger partial charge on any atom is 0.247 e. The molecule has 2 aliphatic heterocycles. The predicted molar refractivity (Wildman–Crippen MR) is 273 cm³/mol. The molecule has 3 aromatic heterocycles. The molecule has 5 heterocycles. The number of rotatable bonds is 29. The van der Waals surface area contributed by atoms with E-state index in [4.69, 9.17) is 52.8 Å². The number of nitrogens with two attached hydrogens (primary N) is 3. The first-order chi connectivity index (χ1) is 34.8. The molecule has 4 aromatic rings. The highest BCUT2D eigenvalue weighted by Crippen LogP contribution is 2.26. The smallest absolute Gasteiger partial charge is 0.247 e. The first kappa shape index (κ1) is 58.2. The van der Waals surface area contributed by atoms with E-state index in [0.717, 1.165) is 31.2 Å². The third-order valence-electron chi connectivity index (χ3n) is 12.6. The van der Waals surface area contributed by atoms with E-state index in [9.17, 15) is 14.7 Å². The van der Waals surface area contributed by atoms with Crippen molar-refractivity contribution in [2.75, 3.05) is 120 Å². The number of hydrogen-bond donors (Lipinski definition) is 5. The molecule has 0 bridgehead atoms. The second-order valence-corrected chi connectivity index (χ2v) is 19.2. The minimum Gasteiger partial charge on any atom is -1.00 e. The largest absolute Gasteiger partial charge is 1.00 e. The number of unbranched alkanes of at least 4 members (excludes halogenated alkanes) is 1. The van der Waals surface area contributed by atoms with Gasteiger partial charge in [-0.15, -0.1) is 16.6 Å². The molecular formula is C49H77ClN17O6-. The molecule has 0 radical (unpaired) electrons. The van der Waals surface area contributed by atoms with Gasteiger partial charge in [0.25, 0.3) is 0 Å². The van der Waals surface area contributed by atoms with Gasteiger partial charge in [-0.2, -0.15) is 15.0 Å². The monoisotopic (exact) mass is 1030 g/mol. The van der Waals surface area contributed by atoms with Crippen LogP contribution in [0.1, 0.15) is 101 Å². The van der Waals surface area contributed by atoms with Crippen molar-refractivity contribution in [3.05, 3.63) is 53.6 Å². The maximum absolute atomic E-state index is 14.5. The lowest BCUT2D eigenvalue weighted by atomic mass is 10.0. The Morgan fingerprint density at radius 3 is 1.71 bits per heavy atom. The first-order valence-electron chi connectivity index (χ1n) is 25.4. The van der Waals surface area contributed by atoms with Crippen LogP contribution in [0.4, 0.5) is 17.8 Å². The van der Waals surface area contributed by atoms with Gasteiger partial charge in [0.2, 0.25) is 29.7 Å². The fraction of sp³-hybridized carbons (Fsp3) is 0.653. The molecule has 73 heavy (non-hydrogen) atoms. The zero-order chi connectivity index (χ0) is 51.4. The normalized spacial score (nSPS) is 15.8. The van der Waals surface area contributed by atoms with Gasteiger partial charge in [0.15, 0.2) is 0 Å². The van der Waals surface area contributed by atoms with Gasteiger partial charge in [-0.25, -0.2) is 9.36 Å². The second kappa shape index (κ2) is 29.8. The molecule has 2 fully saturated rings. The molecule has 2 amide bonds. The van der Waals surface area contributed by atoms with Crippen LogP contribution in [-0.2, 0) is 30.2 Å². The van der Waals surface area contributed by atoms with Crippen LogP contribution in [0.3, 0.4) is 0 Å². The number of aromatic nitrogens is 9. The van der Waals surface area contributed by atoms with Gasteiger partial charge in [0.1, 0.15) is 24.4 Å². The SMILES string of the molecule is C#CCOCCOCCOCCNc1nc(N2CCN(C(=O)C(CCCCN)n3cc(C(N)CC(C)C)nn3)CC2)nc(N2CCN(C(=O)C(Cc3ccc(O)cc3)n3cc(C(N)CC(C)C)nn3)CC2)n1.[Cl-]. The Bertz CT molecular complexity index is 2300. The lowest BCUT2D eigenvalue weighted by Gasteiger charge is -2.38. The molecule has 0 spiro atoms. The Morgan fingerprint density at radius 2 is 1.21 bits per heavy atom. The summed E-state index contributed by atoms with van der Waals surface area (Å²) in [5, 5.41) is 30.8. The number of amides is 2. The number of piperazine rings is 2. The Morgan fingerprint density at radius 1 is 0.712 bits per heavy atom. The van der Waals surface area contributed by atoms with Gasteiger partial charge in [0, 0.05) is 65.3 Å². The number of halogens is 1. The van der Waals surface area contributed by atoms with Crippen molar-refractivity contribution in [1.29, 1.82) is 0 Å². The minimum atomic E-state index is -0.691. The van der Waals surface area contributed by atoms with Gasteiger partial charge >= 0.3 is 0 Å². The first-order valence-corrected chi connectivity index (χ1v) is 25.4. The van der Waals surface area contributed by atoms with Gasteiger partial charge in [-0.1, -0.05) is 56.2 Å². The highest BCUT2D eigenvalue weighted by atomic mass is 35.5. The molecule has 2 aliphatic rings. The van der Waals surface area contributed by atoms with Crippen molar-refractivity contribution < 1.29 is 41.3 Å². The average Bonchev–Trinajstić information content (AvgIpc) is 4.08. The van der Waals surface area contributed by atoms with Gasteiger partial charge in [-0.05, 0) is 68.2 Å². The molecular weight excluding hydrogens is 958 g/mol. The zero-order valence-electron chi connectivity index (χ0n) is 43.0. The Labute approximate surface area is 435 Å². The summed E-state index contributed by atoms with van der Waals surface area (Å²) in [6.07, 6.45) is 12.8. The fourth-order valence-electron chi connectivity index (χ4n) is 8.68. The van der Waals surface area contributed by atoms with Crippen LogP contribution in [-0.4, -0.2) is 177 Å². The summed E-state index contributed by atoms with van der Waals surface area (Å²) < 4.78 is 19.9. The Balaban J connectivity index is 0.00000988. The van der Waals surface area contributed by atoms with Crippen molar-refractivity contribution in [2.24, 2.45) is 29.0 Å². The number of carbonyl (C=O) groups excluding carboxylic acids is 2. The average molecular weight is 1040 g/mol. The molecule has 6 rings (SSSR count). The Kier molecular flexibility index (Phi) is 23.8. The summed E-state index contributed by atoms with van der Waals surface area (Å²) in [5.74, 6) is 4.50. The van der Waals surface area contributed by atoms with Crippen molar-refractivity contribution in [3.63, 3.8) is 0 Å². The number of phenolic OH excluding ortho intramolecular Hbond substituents is 1. The summed E-state index contributed by atoms with van der Waals surface area (Å²) in [5.41, 5.74) is 20.9. The number of ether oxygens (including phenoxy) is 3. The fourth-order valence-corrected chi connectivity index (χ4v) is 8.68. The van der Waals surface area contributed by atoms with Crippen LogP contribution < -0.4 is 44.7 Å². The zero-order valence-corrected chi connectivity index (χ0v) is 43.7. The van der Waals surface area contributed by atoms with Crippen LogP contribution in [0.25, 0.3) is 0 Å². The quantitative estimate of drug-likeness (QED) is 0.0326. The highest BCUT2D eigenvalue weighted by molar-refractivity contribution is 5.81. The molecule has 2 saturated heterocycles. The molecule has 0 saturated carbocycles. The van der Waals surface area contributed by atoms with E-state index in [-0.39, 0.29) is 48.7 Å². The van der Waals surface area contributed by atoms with Crippen molar-refractivity contribution in [1.82, 2.24) is 54.7 Å². The minimum absolute atomic E-state index is 0. The van der Waals surface area contributed by atoms with Crippen molar-refractivity contribution in [3.8, 4) is 18.1 Å². The third kappa shape index (κ3) is 17.7. The van der Waals surface area contributed by atoms with Crippen molar-refractivity contribution >= 4 is 29.7 Å². The van der Waals surface area contributed by atoms with Crippen LogP contribution in [0.2, 0.25) is 0 Å². The third-order valence-corrected chi connectivity index (χ3v) is 12.6. The number of anilines is 3. The van der Waals surface area contributed by atoms with E-state index in [1.807, 2.05) is 16.0 Å². The Hall–Kier alpha value is -5.74. The number of phenols is 1. The summed E-state index contributed by atoms with van der Waals surface area (Å²) in [4.78, 5) is 51.3.